The van der Waals surface area contributed by atoms with Crippen LogP contribution in [0.4, 0.5) is 15.8 Å². The van der Waals surface area contributed by atoms with Gasteiger partial charge in [-0.05, 0) is 66.3 Å². The molecule has 28 heavy (non-hydrogen) atoms. The zero-order chi connectivity index (χ0) is 19.5. The molecule has 1 aliphatic heterocycles. The number of fused-ring (bicyclic) bond motifs is 1. The van der Waals surface area contributed by atoms with Crippen LogP contribution in [0.3, 0.4) is 0 Å². The zero-order valence-electron chi connectivity index (χ0n) is 14.7. The van der Waals surface area contributed by atoms with Crippen molar-refractivity contribution >= 4 is 40.3 Å². The normalized spacial score (nSPS) is 11.9. The number of para-hydroxylation sites is 1. The molecule has 0 saturated carbocycles. The van der Waals surface area contributed by atoms with Crippen molar-refractivity contribution in [3.63, 3.8) is 0 Å². The number of halogens is 2. The lowest BCUT2D eigenvalue weighted by Crippen LogP contribution is -2.34. The van der Waals surface area contributed by atoms with Gasteiger partial charge in [0.25, 0.3) is 0 Å². The van der Waals surface area contributed by atoms with Crippen LogP contribution in [0.5, 0.6) is 11.5 Å². The Morgan fingerprint density at radius 3 is 2.57 bits per heavy atom. The minimum absolute atomic E-state index is 0.215. The number of benzene rings is 3. The Labute approximate surface area is 172 Å². The van der Waals surface area contributed by atoms with Gasteiger partial charge in [0.15, 0.2) is 16.6 Å². The van der Waals surface area contributed by atoms with E-state index in [2.05, 4.69) is 5.32 Å². The van der Waals surface area contributed by atoms with Crippen LogP contribution in [0.15, 0.2) is 66.7 Å². The Kier molecular flexibility index (Phi) is 5.32. The molecule has 0 atom stereocenters. The fraction of sp³-hybridized carbons (Fsp3) is 0.0952. The Morgan fingerprint density at radius 2 is 1.79 bits per heavy atom. The van der Waals surface area contributed by atoms with Gasteiger partial charge in [-0.1, -0.05) is 29.8 Å². The van der Waals surface area contributed by atoms with E-state index in [1.54, 1.807) is 18.2 Å². The molecule has 7 heteroatoms. The maximum Gasteiger partial charge on any atom is 0.231 e. The largest absolute Gasteiger partial charge is 0.454 e. The molecule has 0 aliphatic carbocycles. The van der Waals surface area contributed by atoms with E-state index in [-0.39, 0.29) is 12.6 Å². The van der Waals surface area contributed by atoms with Gasteiger partial charge in [0, 0.05) is 5.69 Å². The predicted molar refractivity (Wildman–Crippen MR) is 113 cm³/mol. The molecule has 1 N–H and O–H groups in total. The Hall–Kier alpha value is -2.83. The van der Waals surface area contributed by atoms with Crippen LogP contribution < -0.4 is 19.7 Å². The average Bonchev–Trinajstić information content (AvgIpc) is 3.16. The van der Waals surface area contributed by atoms with Crippen LogP contribution in [-0.4, -0.2) is 11.9 Å². The van der Waals surface area contributed by atoms with Crippen LogP contribution in [0.25, 0.3) is 0 Å². The molecule has 0 aromatic heterocycles. The number of nitrogens with zero attached hydrogens (tertiary/aromatic N) is 1. The summed E-state index contributed by atoms with van der Waals surface area (Å²) in [5.74, 6) is 1.10. The van der Waals surface area contributed by atoms with Crippen molar-refractivity contribution in [2.45, 2.75) is 6.54 Å². The fourth-order valence-electron chi connectivity index (χ4n) is 2.87. The van der Waals surface area contributed by atoms with Gasteiger partial charge in [-0.25, -0.2) is 4.39 Å². The third kappa shape index (κ3) is 4.03. The predicted octanol–water partition coefficient (Wildman–Crippen LogP) is 5.61. The quantitative estimate of drug-likeness (QED) is 0.561. The molecule has 3 aromatic rings. The fourth-order valence-corrected chi connectivity index (χ4v) is 3.33. The van der Waals surface area contributed by atoms with Crippen molar-refractivity contribution in [1.29, 1.82) is 0 Å². The Balaban J connectivity index is 1.62. The van der Waals surface area contributed by atoms with Gasteiger partial charge in [-0.15, -0.1) is 0 Å². The van der Waals surface area contributed by atoms with Crippen LogP contribution in [0, 0.1) is 5.82 Å². The molecule has 1 heterocycles. The molecule has 3 aromatic carbocycles. The van der Waals surface area contributed by atoms with Crippen molar-refractivity contribution in [3.05, 3.63) is 83.1 Å². The molecule has 4 nitrogen and oxygen atoms in total. The third-order valence-electron chi connectivity index (χ3n) is 4.28. The highest BCUT2D eigenvalue weighted by Crippen LogP contribution is 2.33. The lowest BCUT2D eigenvalue weighted by atomic mass is 10.1. The molecule has 142 valence electrons. The summed E-state index contributed by atoms with van der Waals surface area (Å²) in [7, 11) is 0. The second-order valence-electron chi connectivity index (χ2n) is 6.16. The van der Waals surface area contributed by atoms with Crippen molar-refractivity contribution in [2.24, 2.45) is 0 Å². The molecule has 0 amide bonds. The molecule has 0 radical (unpaired) electrons. The molecule has 0 bridgehead atoms. The smallest absolute Gasteiger partial charge is 0.231 e. The maximum absolute atomic E-state index is 13.4. The van der Waals surface area contributed by atoms with Gasteiger partial charge in [0.2, 0.25) is 6.79 Å². The number of nitrogens with one attached hydrogen (secondary N) is 1. The number of rotatable bonds is 4. The standard InChI is InChI=1S/C21H16ClFN2O2S/c22-17-3-1-2-4-18(17)24-21(28)25(16-8-6-15(23)7-9-16)12-14-5-10-19-20(11-14)27-13-26-19/h1-11H,12-13H2,(H,24,28). The molecule has 0 unspecified atom stereocenters. The van der Waals surface area contributed by atoms with E-state index in [9.17, 15) is 4.39 Å². The van der Waals surface area contributed by atoms with E-state index in [1.165, 1.54) is 12.1 Å². The van der Waals surface area contributed by atoms with Gasteiger partial charge in [-0.3, -0.25) is 0 Å². The lowest BCUT2D eigenvalue weighted by Gasteiger charge is -2.26. The third-order valence-corrected chi connectivity index (χ3v) is 4.93. The van der Waals surface area contributed by atoms with Crippen LogP contribution in [-0.2, 0) is 6.54 Å². The van der Waals surface area contributed by atoms with E-state index in [4.69, 9.17) is 33.3 Å². The van der Waals surface area contributed by atoms with Crippen molar-refractivity contribution in [3.8, 4) is 11.5 Å². The molecule has 0 fully saturated rings. The number of thiocarbonyl (C=S) groups is 1. The Morgan fingerprint density at radius 1 is 1.04 bits per heavy atom. The van der Waals surface area contributed by atoms with Gasteiger partial charge in [-0.2, -0.15) is 0 Å². The summed E-state index contributed by atoms with van der Waals surface area (Å²) in [6.45, 7) is 0.672. The lowest BCUT2D eigenvalue weighted by molar-refractivity contribution is 0.174. The van der Waals surface area contributed by atoms with Gasteiger partial charge < -0.3 is 19.7 Å². The van der Waals surface area contributed by atoms with Crippen LogP contribution in [0.2, 0.25) is 5.02 Å². The highest BCUT2D eigenvalue weighted by atomic mass is 35.5. The van der Waals surface area contributed by atoms with E-state index >= 15 is 0 Å². The van der Waals surface area contributed by atoms with E-state index in [0.29, 0.717) is 33.9 Å². The molecular weight excluding hydrogens is 399 g/mol. The maximum atomic E-state index is 13.4. The molecule has 0 spiro atoms. The molecule has 1 aliphatic rings. The summed E-state index contributed by atoms with van der Waals surface area (Å²) in [5.41, 5.74) is 2.42. The second-order valence-corrected chi connectivity index (χ2v) is 6.95. The van der Waals surface area contributed by atoms with Gasteiger partial charge >= 0.3 is 0 Å². The van der Waals surface area contributed by atoms with E-state index in [1.807, 2.05) is 41.3 Å². The topological polar surface area (TPSA) is 33.7 Å². The first-order valence-electron chi connectivity index (χ1n) is 8.57. The summed E-state index contributed by atoms with van der Waals surface area (Å²) >= 11 is 11.9. The molecule has 0 saturated heterocycles. The van der Waals surface area contributed by atoms with Gasteiger partial charge in [0.05, 0.1) is 17.3 Å². The Bertz CT molecular complexity index is 1010. The van der Waals surface area contributed by atoms with Crippen molar-refractivity contribution in [1.82, 2.24) is 0 Å². The summed E-state index contributed by atoms with van der Waals surface area (Å²) in [6.07, 6.45) is 0. The summed E-state index contributed by atoms with van der Waals surface area (Å²) in [6, 6.07) is 19.2. The first-order valence-corrected chi connectivity index (χ1v) is 9.36. The highest BCUT2D eigenvalue weighted by Gasteiger charge is 2.18. The summed E-state index contributed by atoms with van der Waals surface area (Å²) in [4.78, 5) is 1.87. The average molecular weight is 415 g/mol. The van der Waals surface area contributed by atoms with Crippen LogP contribution >= 0.6 is 23.8 Å². The van der Waals surface area contributed by atoms with Crippen molar-refractivity contribution in [2.75, 3.05) is 17.0 Å². The van der Waals surface area contributed by atoms with E-state index < -0.39 is 0 Å². The first-order chi connectivity index (χ1) is 13.6. The minimum Gasteiger partial charge on any atom is -0.454 e. The highest BCUT2D eigenvalue weighted by molar-refractivity contribution is 7.80. The number of hydrogen-bond acceptors (Lipinski definition) is 3. The number of ether oxygens (including phenoxy) is 2. The monoisotopic (exact) mass is 414 g/mol. The summed E-state index contributed by atoms with van der Waals surface area (Å²) < 4.78 is 24.2. The van der Waals surface area contributed by atoms with Crippen LogP contribution in [0.1, 0.15) is 5.56 Å². The van der Waals surface area contributed by atoms with E-state index in [0.717, 1.165) is 11.3 Å². The minimum atomic E-state index is -0.309. The SMILES string of the molecule is Fc1ccc(N(Cc2ccc3c(c2)OCO3)C(=S)Nc2ccccc2Cl)cc1. The molecule has 4 rings (SSSR count). The zero-order valence-corrected chi connectivity index (χ0v) is 16.3. The first kappa shape index (κ1) is 18.5. The molecular formula is C21H16ClFN2O2S. The second kappa shape index (κ2) is 8.04. The number of anilines is 2. The van der Waals surface area contributed by atoms with Gasteiger partial charge in [0.1, 0.15) is 5.82 Å². The summed E-state index contributed by atoms with van der Waals surface area (Å²) in [5, 5.41) is 4.18. The van der Waals surface area contributed by atoms with Crippen molar-refractivity contribution < 1.29 is 13.9 Å². The number of hydrogen-bond donors (Lipinski definition) is 1.